The lowest BCUT2D eigenvalue weighted by atomic mass is 9.95. The molecule has 1 aromatic carbocycles. The number of rotatable bonds is 3. The number of fused-ring (bicyclic) bond motifs is 1. The van der Waals surface area contributed by atoms with Gasteiger partial charge in [0.1, 0.15) is 5.82 Å². The van der Waals surface area contributed by atoms with E-state index in [1.165, 1.54) is 11.3 Å². The van der Waals surface area contributed by atoms with Gasteiger partial charge in [0.15, 0.2) is 5.82 Å². The predicted molar refractivity (Wildman–Crippen MR) is 119 cm³/mol. The molecule has 2 saturated heterocycles. The first-order valence-corrected chi connectivity index (χ1v) is 11.4. The Morgan fingerprint density at radius 1 is 0.967 bits per heavy atom. The summed E-state index contributed by atoms with van der Waals surface area (Å²) in [7, 11) is 2.13. The lowest BCUT2D eigenvalue weighted by Crippen LogP contribution is -2.51. The molecule has 30 heavy (non-hydrogen) atoms. The Kier molecular flexibility index (Phi) is 5.42. The molecule has 2 aromatic rings. The van der Waals surface area contributed by atoms with E-state index in [1.54, 1.807) is 0 Å². The Bertz CT molecular complexity index is 907. The van der Waals surface area contributed by atoms with Gasteiger partial charge in [0, 0.05) is 56.1 Å². The number of carbonyl (C=O) groups excluding carboxylic acids is 1. The zero-order valence-electron chi connectivity index (χ0n) is 17.9. The third kappa shape index (κ3) is 3.81. The van der Waals surface area contributed by atoms with E-state index >= 15 is 0 Å². The first-order chi connectivity index (χ1) is 14.7. The smallest absolute Gasteiger partial charge is 0.227 e. The number of hydrogen-bond donors (Lipinski definition) is 0. The van der Waals surface area contributed by atoms with E-state index in [2.05, 4.69) is 33.9 Å². The molecule has 6 nitrogen and oxygen atoms in total. The molecule has 3 heterocycles. The molecule has 0 radical (unpaired) electrons. The zero-order chi connectivity index (χ0) is 20.5. The van der Waals surface area contributed by atoms with Crippen LogP contribution in [0.1, 0.15) is 30.5 Å². The Labute approximate surface area is 178 Å². The number of amides is 1. The topological polar surface area (TPSA) is 52.6 Å². The van der Waals surface area contributed by atoms with Crippen LogP contribution in [0.15, 0.2) is 30.3 Å². The number of carbonyl (C=O) groups is 1. The minimum absolute atomic E-state index is 0.0781. The average Bonchev–Trinajstić information content (AvgIpc) is 3.28. The lowest BCUT2D eigenvalue weighted by molar-refractivity contribution is -0.137. The van der Waals surface area contributed by atoms with Gasteiger partial charge in [-0.2, -0.15) is 0 Å². The van der Waals surface area contributed by atoms with Gasteiger partial charge in [-0.3, -0.25) is 4.79 Å². The number of aromatic nitrogens is 2. The molecule has 0 saturated carbocycles. The number of anilines is 1. The first-order valence-electron chi connectivity index (χ1n) is 11.4. The van der Waals surface area contributed by atoms with E-state index in [-0.39, 0.29) is 5.92 Å². The molecule has 0 N–H and O–H groups in total. The molecule has 1 unspecified atom stereocenters. The fourth-order valence-corrected chi connectivity index (χ4v) is 5.05. The molecule has 1 atom stereocenters. The number of benzene rings is 1. The van der Waals surface area contributed by atoms with Crippen molar-refractivity contribution < 1.29 is 4.79 Å². The Balaban J connectivity index is 1.40. The van der Waals surface area contributed by atoms with Crippen molar-refractivity contribution in [2.24, 2.45) is 5.92 Å². The van der Waals surface area contributed by atoms with Crippen molar-refractivity contribution in [1.82, 2.24) is 19.8 Å². The molecule has 158 valence electrons. The van der Waals surface area contributed by atoms with E-state index < -0.39 is 0 Å². The number of piperidine rings is 1. The summed E-state index contributed by atoms with van der Waals surface area (Å²) < 4.78 is 0. The highest BCUT2D eigenvalue weighted by molar-refractivity contribution is 5.80. The van der Waals surface area contributed by atoms with Crippen molar-refractivity contribution in [3.05, 3.63) is 41.6 Å². The van der Waals surface area contributed by atoms with Crippen molar-refractivity contribution in [1.29, 1.82) is 0 Å². The number of likely N-dealkylation sites (N-methyl/N-ethyl adjacent to an activating group) is 1. The van der Waals surface area contributed by atoms with Gasteiger partial charge >= 0.3 is 0 Å². The van der Waals surface area contributed by atoms with Crippen LogP contribution in [0.3, 0.4) is 0 Å². The van der Waals surface area contributed by atoms with E-state index in [9.17, 15) is 4.79 Å². The number of hydrogen-bond acceptors (Lipinski definition) is 5. The van der Waals surface area contributed by atoms with Gasteiger partial charge in [-0.25, -0.2) is 9.97 Å². The molecule has 6 heteroatoms. The molecule has 3 aliphatic rings. The summed E-state index contributed by atoms with van der Waals surface area (Å²) in [6, 6.07) is 10.3. The third-order valence-corrected chi connectivity index (χ3v) is 6.83. The Hall–Kier alpha value is -2.47. The van der Waals surface area contributed by atoms with Crippen molar-refractivity contribution in [3.63, 3.8) is 0 Å². The molecule has 1 amide bonds. The Morgan fingerprint density at radius 2 is 1.77 bits per heavy atom. The fourth-order valence-electron chi connectivity index (χ4n) is 5.05. The highest BCUT2D eigenvalue weighted by Gasteiger charge is 2.33. The summed E-state index contributed by atoms with van der Waals surface area (Å²) in [6.07, 6.45) is 5.26. The Morgan fingerprint density at radius 3 is 2.57 bits per heavy atom. The molecular weight excluding hydrogens is 374 g/mol. The second-order valence-corrected chi connectivity index (χ2v) is 8.93. The summed E-state index contributed by atoms with van der Waals surface area (Å²) in [5, 5.41) is 0. The normalized spacial score (nSPS) is 22.2. The minimum atomic E-state index is 0.0781. The van der Waals surface area contributed by atoms with E-state index in [1.807, 2.05) is 18.2 Å². The van der Waals surface area contributed by atoms with Crippen LogP contribution in [0.4, 0.5) is 5.82 Å². The lowest BCUT2D eigenvalue weighted by Gasteiger charge is -2.38. The maximum atomic E-state index is 13.2. The van der Waals surface area contributed by atoms with Crippen molar-refractivity contribution in [2.75, 3.05) is 51.2 Å². The summed E-state index contributed by atoms with van der Waals surface area (Å²) in [6.45, 7) is 5.41. The third-order valence-electron chi connectivity index (χ3n) is 6.83. The van der Waals surface area contributed by atoms with Crippen LogP contribution < -0.4 is 4.90 Å². The van der Waals surface area contributed by atoms with Crippen LogP contribution in [-0.4, -0.2) is 72.0 Å². The summed E-state index contributed by atoms with van der Waals surface area (Å²) in [5.74, 6) is 2.31. The maximum Gasteiger partial charge on any atom is 0.227 e. The molecule has 0 bridgehead atoms. The zero-order valence-corrected chi connectivity index (χ0v) is 17.9. The standard InChI is InChI=1S/C24H31N5O/c1-27-13-15-28(16-14-27)24(30)19-9-6-12-29(17-19)23-20-10-5-11-21(20)25-22(26-23)18-7-3-2-4-8-18/h2-4,7-8,19H,5-6,9-17H2,1H3. The van der Waals surface area contributed by atoms with Crippen LogP contribution in [0.5, 0.6) is 0 Å². The van der Waals surface area contributed by atoms with Gasteiger partial charge in [-0.05, 0) is 39.2 Å². The largest absolute Gasteiger partial charge is 0.355 e. The quantitative estimate of drug-likeness (QED) is 0.786. The van der Waals surface area contributed by atoms with Crippen molar-refractivity contribution in [2.45, 2.75) is 32.1 Å². The van der Waals surface area contributed by atoms with Crippen molar-refractivity contribution >= 4 is 11.7 Å². The molecule has 1 aliphatic carbocycles. The average molecular weight is 406 g/mol. The van der Waals surface area contributed by atoms with Crippen molar-refractivity contribution in [3.8, 4) is 11.4 Å². The van der Waals surface area contributed by atoms with Gasteiger partial charge in [0.2, 0.25) is 5.91 Å². The number of nitrogens with zero attached hydrogens (tertiary/aromatic N) is 5. The second kappa shape index (κ2) is 8.34. The van der Waals surface area contributed by atoms with Crippen LogP contribution in [0.25, 0.3) is 11.4 Å². The van der Waals surface area contributed by atoms with Gasteiger partial charge in [-0.15, -0.1) is 0 Å². The minimum Gasteiger partial charge on any atom is -0.355 e. The van der Waals surface area contributed by atoms with Crippen LogP contribution in [0, 0.1) is 5.92 Å². The molecule has 5 rings (SSSR count). The molecule has 1 aromatic heterocycles. The van der Waals surface area contributed by atoms with Crippen LogP contribution >= 0.6 is 0 Å². The first kappa shape index (κ1) is 19.5. The van der Waals surface area contributed by atoms with Gasteiger partial charge in [0.25, 0.3) is 0 Å². The number of piperazine rings is 1. The second-order valence-electron chi connectivity index (χ2n) is 8.93. The number of aryl methyl sites for hydroxylation is 1. The van der Waals surface area contributed by atoms with Gasteiger partial charge in [0.05, 0.1) is 5.92 Å². The molecular formula is C24H31N5O. The highest BCUT2D eigenvalue weighted by atomic mass is 16.2. The summed E-state index contributed by atoms with van der Waals surface area (Å²) in [4.78, 5) is 29.9. The van der Waals surface area contributed by atoms with Crippen LogP contribution in [0.2, 0.25) is 0 Å². The van der Waals surface area contributed by atoms with E-state index in [0.29, 0.717) is 5.91 Å². The SMILES string of the molecule is CN1CCN(C(=O)C2CCCN(c3nc(-c4ccccc4)nc4c3CCC4)C2)CC1. The summed E-state index contributed by atoms with van der Waals surface area (Å²) >= 11 is 0. The maximum absolute atomic E-state index is 13.2. The highest BCUT2D eigenvalue weighted by Crippen LogP contribution is 2.34. The monoisotopic (exact) mass is 405 g/mol. The molecule has 0 spiro atoms. The summed E-state index contributed by atoms with van der Waals surface area (Å²) in [5.41, 5.74) is 3.57. The molecule has 2 fully saturated rings. The van der Waals surface area contributed by atoms with E-state index in [0.717, 1.165) is 88.6 Å². The predicted octanol–water partition coefficient (Wildman–Crippen LogP) is 2.62. The van der Waals surface area contributed by atoms with E-state index in [4.69, 9.17) is 9.97 Å². The van der Waals surface area contributed by atoms with Crippen LogP contribution in [-0.2, 0) is 17.6 Å². The van der Waals surface area contributed by atoms with Gasteiger partial charge < -0.3 is 14.7 Å². The van der Waals surface area contributed by atoms with Gasteiger partial charge in [-0.1, -0.05) is 30.3 Å². The molecule has 2 aliphatic heterocycles. The fraction of sp³-hybridized carbons (Fsp3) is 0.542.